The van der Waals surface area contributed by atoms with E-state index in [0.717, 1.165) is 18.6 Å². The Morgan fingerprint density at radius 3 is 2.67 bits per heavy atom. The first kappa shape index (κ1) is 28.6. The van der Waals surface area contributed by atoms with Crippen molar-refractivity contribution < 1.29 is 28.1 Å². The van der Waals surface area contributed by atoms with E-state index in [9.17, 15) is 14.6 Å². The second kappa shape index (κ2) is 11.3. The minimum Gasteiger partial charge on any atom is -0.508 e. The largest absolute Gasteiger partial charge is 0.508 e. The predicted molar refractivity (Wildman–Crippen MR) is 157 cm³/mol. The summed E-state index contributed by atoms with van der Waals surface area (Å²) in [5.41, 5.74) is 0.646. The highest BCUT2D eigenvalue weighted by Crippen LogP contribution is 2.41. The molecule has 1 saturated carbocycles. The Morgan fingerprint density at radius 1 is 1.12 bits per heavy atom. The molecule has 11 heteroatoms. The van der Waals surface area contributed by atoms with Crippen LogP contribution in [0.5, 0.6) is 11.8 Å². The fourth-order valence-electron chi connectivity index (χ4n) is 5.59. The van der Waals surface area contributed by atoms with Crippen LogP contribution in [0.4, 0.5) is 19.0 Å². The fourth-order valence-corrected chi connectivity index (χ4v) is 5.59. The van der Waals surface area contributed by atoms with Crippen molar-refractivity contribution >= 4 is 27.5 Å². The minimum absolute atomic E-state index is 0.0666. The van der Waals surface area contributed by atoms with Crippen molar-refractivity contribution in [2.75, 3.05) is 38.7 Å². The van der Waals surface area contributed by atoms with E-state index in [1.165, 1.54) is 17.7 Å². The van der Waals surface area contributed by atoms with E-state index in [-0.39, 0.29) is 69.5 Å². The van der Waals surface area contributed by atoms with E-state index in [1.807, 2.05) is 30.1 Å². The second-order valence-electron chi connectivity index (χ2n) is 11.1. The third-order valence-corrected chi connectivity index (χ3v) is 7.62. The Labute approximate surface area is 246 Å². The van der Waals surface area contributed by atoms with Crippen molar-refractivity contribution in [1.29, 1.82) is 0 Å². The quantitative estimate of drug-likeness (QED) is 0.299. The molecule has 1 aliphatic carbocycles. The summed E-state index contributed by atoms with van der Waals surface area (Å²) in [6.07, 6.45) is 3.60. The number of rotatable bonds is 6. The minimum atomic E-state index is -1.20. The van der Waals surface area contributed by atoms with Crippen LogP contribution in [0.3, 0.4) is 0 Å². The lowest BCUT2D eigenvalue weighted by Crippen LogP contribution is -2.39. The molecule has 2 atom stereocenters. The number of hydrogen-bond donors (Lipinski definition) is 2. The number of aromatic nitrogens is 3. The number of hydrogen-bond acceptors (Lipinski definition) is 8. The number of nitrogens with zero attached hydrogens (tertiary/aromatic N) is 5. The molecule has 0 spiro atoms. The standard InChI is InChI=1S/C32H30F3N5O3/c1-4-6-24-26-30(28(35)29(36-24)22-13-21(42)12-17-8-9-23(33)27(34)25(17)22)37-32(43-16-19-11-18(19)14-39(2)3)38-31(26)40-10-5-7-20(41)15-40/h8-9,12-14,19-20,41-42H,5,7,10-11,15-16H2,1-3H3/t19?,20-/m1/s1. The van der Waals surface area contributed by atoms with Gasteiger partial charge in [0.15, 0.2) is 17.5 Å². The molecular weight excluding hydrogens is 559 g/mol. The number of pyridine rings is 1. The van der Waals surface area contributed by atoms with Gasteiger partial charge in [0.1, 0.15) is 28.5 Å². The summed E-state index contributed by atoms with van der Waals surface area (Å²) in [7, 11) is 3.88. The topological polar surface area (TPSA) is 94.8 Å². The van der Waals surface area contributed by atoms with Gasteiger partial charge in [0.25, 0.3) is 0 Å². The van der Waals surface area contributed by atoms with Gasteiger partial charge >= 0.3 is 6.01 Å². The molecule has 222 valence electrons. The number of piperidine rings is 1. The molecule has 1 unspecified atom stereocenters. The Kier molecular flexibility index (Phi) is 7.48. The van der Waals surface area contributed by atoms with Crippen molar-refractivity contribution in [3.8, 4) is 34.9 Å². The first-order valence-electron chi connectivity index (χ1n) is 14.0. The molecule has 0 radical (unpaired) electrons. The molecule has 43 heavy (non-hydrogen) atoms. The summed E-state index contributed by atoms with van der Waals surface area (Å²) in [5, 5.41) is 21.0. The number of halogens is 3. The summed E-state index contributed by atoms with van der Waals surface area (Å²) in [6, 6.07) is 4.57. The van der Waals surface area contributed by atoms with Crippen molar-refractivity contribution in [2.24, 2.45) is 5.92 Å². The van der Waals surface area contributed by atoms with Gasteiger partial charge in [0.2, 0.25) is 0 Å². The average Bonchev–Trinajstić information content (AvgIpc) is 3.71. The Bertz CT molecular complexity index is 1850. The number of phenolic OH excluding ortho intramolecular Hbond substituents is 1. The molecule has 8 nitrogen and oxygen atoms in total. The van der Waals surface area contributed by atoms with Crippen LogP contribution in [0.25, 0.3) is 32.9 Å². The van der Waals surface area contributed by atoms with Crippen LogP contribution < -0.4 is 9.64 Å². The highest BCUT2D eigenvalue weighted by molar-refractivity contribution is 6.01. The van der Waals surface area contributed by atoms with E-state index in [4.69, 9.17) is 4.74 Å². The van der Waals surface area contributed by atoms with Crippen molar-refractivity contribution in [3.63, 3.8) is 0 Å². The number of benzene rings is 2. The molecule has 0 bridgehead atoms. The smallest absolute Gasteiger partial charge is 0.319 e. The second-order valence-corrected chi connectivity index (χ2v) is 11.1. The lowest BCUT2D eigenvalue weighted by molar-refractivity contribution is 0.154. The molecule has 6 rings (SSSR count). The SMILES string of the molecule is CC#Cc1nc(-c2cc(O)cc3ccc(F)c(F)c23)c(F)c2nc(OCC3CC3=CN(C)C)nc(N3CCC[C@@H](O)C3)c12. The van der Waals surface area contributed by atoms with E-state index >= 15 is 8.78 Å². The summed E-state index contributed by atoms with van der Waals surface area (Å²) < 4.78 is 52.1. The van der Waals surface area contributed by atoms with E-state index in [2.05, 4.69) is 26.8 Å². The Morgan fingerprint density at radius 2 is 1.93 bits per heavy atom. The first-order chi connectivity index (χ1) is 20.6. The first-order valence-corrected chi connectivity index (χ1v) is 14.0. The number of β-amino-alcohol motifs (C(OH)–C–C–N with tert-alkyl or cyclic N) is 1. The maximum atomic E-state index is 16.7. The lowest BCUT2D eigenvalue weighted by atomic mass is 9.98. The summed E-state index contributed by atoms with van der Waals surface area (Å²) in [4.78, 5) is 17.4. The van der Waals surface area contributed by atoms with Gasteiger partial charge < -0.3 is 24.7 Å². The highest BCUT2D eigenvalue weighted by atomic mass is 19.2. The number of aliphatic hydroxyl groups is 1. The number of fused-ring (bicyclic) bond motifs is 2. The molecule has 1 saturated heterocycles. The van der Waals surface area contributed by atoms with Crippen molar-refractivity contribution in [2.45, 2.75) is 32.3 Å². The van der Waals surface area contributed by atoms with Gasteiger partial charge in [-0.15, -0.1) is 0 Å². The van der Waals surface area contributed by atoms with Gasteiger partial charge in [-0.05, 0) is 67.5 Å². The zero-order chi connectivity index (χ0) is 30.4. The van der Waals surface area contributed by atoms with Gasteiger partial charge in [-0.3, -0.25) is 0 Å². The molecule has 3 heterocycles. The molecule has 2 fully saturated rings. The summed E-state index contributed by atoms with van der Waals surface area (Å²) in [5.74, 6) is 2.63. The predicted octanol–water partition coefficient (Wildman–Crippen LogP) is 5.14. The maximum Gasteiger partial charge on any atom is 0.319 e. The number of ether oxygens (including phenoxy) is 1. The van der Waals surface area contributed by atoms with Crippen molar-refractivity contribution in [1.82, 2.24) is 19.9 Å². The molecule has 1 aliphatic heterocycles. The molecule has 0 amide bonds. The van der Waals surface area contributed by atoms with Crippen molar-refractivity contribution in [3.05, 3.63) is 59.2 Å². The van der Waals surface area contributed by atoms with Gasteiger partial charge in [-0.1, -0.05) is 12.0 Å². The maximum absolute atomic E-state index is 16.7. The van der Waals surface area contributed by atoms with Crippen LogP contribution in [-0.4, -0.2) is 70.0 Å². The fraction of sp³-hybridized carbons (Fsp3) is 0.344. The number of phenols is 1. The zero-order valence-corrected chi connectivity index (χ0v) is 24.0. The van der Waals surface area contributed by atoms with Crippen LogP contribution in [-0.2, 0) is 0 Å². The van der Waals surface area contributed by atoms with E-state index < -0.39 is 23.6 Å². The molecule has 4 aromatic rings. The van der Waals surface area contributed by atoms with Crippen LogP contribution >= 0.6 is 0 Å². The summed E-state index contributed by atoms with van der Waals surface area (Å²) >= 11 is 0. The van der Waals surface area contributed by atoms with Crippen LogP contribution in [0.1, 0.15) is 31.9 Å². The third kappa shape index (κ3) is 5.50. The molecule has 2 aliphatic rings. The van der Waals surface area contributed by atoms with Gasteiger partial charge in [0.05, 0.1) is 18.1 Å². The van der Waals surface area contributed by atoms with E-state index in [0.29, 0.717) is 25.2 Å². The summed E-state index contributed by atoms with van der Waals surface area (Å²) in [6.45, 7) is 2.68. The monoisotopic (exact) mass is 589 g/mol. The van der Waals surface area contributed by atoms with Gasteiger partial charge in [0, 0.05) is 44.1 Å². The highest BCUT2D eigenvalue weighted by Gasteiger charge is 2.32. The van der Waals surface area contributed by atoms with Crippen LogP contribution in [0.2, 0.25) is 0 Å². The van der Waals surface area contributed by atoms with Gasteiger partial charge in [-0.2, -0.15) is 9.97 Å². The zero-order valence-electron chi connectivity index (χ0n) is 24.0. The Balaban J connectivity index is 1.57. The lowest BCUT2D eigenvalue weighted by Gasteiger charge is -2.32. The van der Waals surface area contributed by atoms with Crippen LogP contribution in [0, 0.1) is 35.2 Å². The number of aliphatic hydroxyl groups excluding tert-OH is 1. The van der Waals surface area contributed by atoms with Crippen LogP contribution in [0.15, 0.2) is 36.0 Å². The van der Waals surface area contributed by atoms with Gasteiger partial charge in [-0.25, -0.2) is 18.2 Å². The Hall–Kier alpha value is -4.56. The normalized spacial score (nSPS) is 19.0. The molecule has 2 aromatic carbocycles. The average molecular weight is 590 g/mol. The number of aromatic hydroxyl groups is 1. The third-order valence-electron chi connectivity index (χ3n) is 7.62. The molecular formula is C32H30F3N5O3. The van der Waals surface area contributed by atoms with E-state index in [1.54, 1.807) is 6.92 Å². The molecule has 2 aromatic heterocycles. The number of anilines is 1. The molecule has 2 N–H and O–H groups in total.